The van der Waals surface area contributed by atoms with Gasteiger partial charge in [-0.3, -0.25) is 0 Å². The van der Waals surface area contributed by atoms with Gasteiger partial charge in [-0.25, -0.2) is 0 Å². The second-order valence-electron chi connectivity index (χ2n) is 4.87. The van der Waals surface area contributed by atoms with Crippen molar-refractivity contribution in [2.24, 2.45) is 5.92 Å². The zero-order chi connectivity index (χ0) is 11.1. The van der Waals surface area contributed by atoms with Gasteiger partial charge < -0.3 is 5.32 Å². The quantitative estimate of drug-likeness (QED) is 0.654. The molecule has 15 heavy (non-hydrogen) atoms. The van der Waals surface area contributed by atoms with Crippen molar-refractivity contribution in [1.82, 2.24) is 5.32 Å². The van der Waals surface area contributed by atoms with E-state index < -0.39 is 0 Å². The Morgan fingerprint density at radius 2 is 1.93 bits per heavy atom. The molecule has 1 heteroatoms. The van der Waals surface area contributed by atoms with Gasteiger partial charge in [0.15, 0.2) is 0 Å². The van der Waals surface area contributed by atoms with Gasteiger partial charge in [0, 0.05) is 6.04 Å². The van der Waals surface area contributed by atoms with E-state index >= 15 is 0 Å². The largest absolute Gasteiger partial charge is 0.314 e. The molecule has 1 aliphatic carbocycles. The summed E-state index contributed by atoms with van der Waals surface area (Å²) >= 11 is 0. The van der Waals surface area contributed by atoms with Crippen molar-refractivity contribution in [2.75, 3.05) is 6.54 Å². The minimum Gasteiger partial charge on any atom is -0.314 e. The molecule has 0 aromatic carbocycles. The number of hydrogen-bond donors (Lipinski definition) is 1. The Morgan fingerprint density at radius 1 is 1.27 bits per heavy atom. The molecule has 0 spiro atoms. The monoisotopic (exact) mass is 209 g/mol. The van der Waals surface area contributed by atoms with E-state index in [4.69, 9.17) is 0 Å². The molecule has 0 aromatic heterocycles. The summed E-state index contributed by atoms with van der Waals surface area (Å²) in [6.45, 7) is 9.67. The molecule has 0 radical (unpaired) electrons. The Bertz CT molecular complexity index is 180. The average molecular weight is 209 g/mol. The van der Waals surface area contributed by atoms with Gasteiger partial charge in [-0.2, -0.15) is 0 Å². The van der Waals surface area contributed by atoms with Crippen LogP contribution in [0.3, 0.4) is 0 Å². The fraction of sp³-hybridized carbons (Fsp3) is 0.857. The molecular weight excluding hydrogens is 182 g/mol. The lowest BCUT2D eigenvalue weighted by atomic mass is 9.81. The Kier molecular flexibility index (Phi) is 6.00. The van der Waals surface area contributed by atoms with Gasteiger partial charge in [0.1, 0.15) is 0 Å². The van der Waals surface area contributed by atoms with Crippen LogP contribution in [0.15, 0.2) is 12.2 Å². The van der Waals surface area contributed by atoms with Crippen molar-refractivity contribution in [3.05, 3.63) is 12.2 Å². The fourth-order valence-electron chi connectivity index (χ4n) is 2.66. The van der Waals surface area contributed by atoms with Crippen molar-refractivity contribution in [3.8, 4) is 0 Å². The maximum Gasteiger partial charge on any atom is 0.0132 e. The summed E-state index contributed by atoms with van der Waals surface area (Å²) in [5.74, 6) is 0.905. The molecule has 0 aliphatic heterocycles. The third kappa shape index (κ3) is 4.38. The first-order chi connectivity index (χ1) is 7.27. The molecule has 1 saturated carbocycles. The smallest absolute Gasteiger partial charge is 0.0132 e. The zero-order valence-electron chi connectivity index (χ0n) is 10.5. The van der Waals surface area contributed by atoms with Crippen LogP contribution < -0.4 is 5.32 Å². The Labute approximate surface area is 95.3 Å². The molecule has 1 aliphatic rings. The van der Waals surface area contributed by atoms with Crippen molar-refractivity contribution in [3.63, 3.8) is 0 Å². The minimum absolute atomic E-state index is 0.697. The van der Waals surface area contributed by atoms with Crippen LogP contribution in [0.25, 0.3) is 0 Å². The molecule has 0 heterocycles. The van der Waals surface area contributed by atoms with E-state index in [0.29, 0.717) is 6.04 Å². The molecule has 88 valence electrons. The van der Waals surface area contributed by atoms with Crippen LogP contribution in [-0.4, -0.2) is 12.6 Å². The first-order valence-corrected chi connectivity index (χ1v) is 6.68. The molecule has 1 N–H and O–H groups in total. The summed E-state index contributed by atoms with van der Waals surface area (Å²) in [5, 5.41) is 3.66. The van der Waals surface area contributed by atoms with E-state index in [9.17, 15) is 0 Å². The normalized spacial score (nSPS) is 20.1. The third-order valence-electron chi connectivity index (χ3n) is 3.69. The van der Waals surface area contributed by atoms with E-state index in [1.807, 2.05) is 0 Å². The average Bonchev–Trinajstić information content (AvgIpc) is 2.29. The molecule has 1 unspecified atom stereocenters. The van der Waals surface area contributed by atoms with Crippen LogP contribution in [0.1, 0.15) is 58.8 Å². The zero-order valence-corrected chi connectivity index (χ0v) is 10.5. The maximum absolute atomic E-state index is 4.15. The van der Waals surface area contributed by atoms with Crippen molar-refractivity contribution < 1.29 is 0 Å². The SMILES string of the molecule is C=C(CC)CC(NCC)C1CCCCC1. The molecule has 0 amide bonds. The lowest BCUT2D eigenvalue weighted by Crippen LogP contribution is -2.37. The molecular formula is C14H27N. The van der Waals surface area contributed by atoms with Crippen LogP contribution >= 0.6 is 0 Å². The second kappa shape index (κ2) is 7.05. The summed E-state index contributed by atoms with van der Waals surface area (Å²) in [7, 11) is 0. The first-order valence-electron chi connectivity index (χ1n) is 6.68. The van der Waals surface area contributed by atoms with Gasteiger partial charge >= 0.3 is 0 Å². The Balaban J connectivity index is 2.43. The van der Waals surface area contributed by atoms with Gasteiger partial charge in [0.05, 0.1) is 0 Å². The Morgan fingerprint density at radius 3 is 2.47 bits per heavy atom. The summed E-state index contributed by atoms with van der Waals surface area (Å²) in [5.41, 5.74) is 1.41. The van der Waals surface area contributed by atoms with Crippen LogP contribution in [0, 0.1) is 5.92 Å². The van der Waals surface area contributed by atoms with E-state index in [1.165, 1.54) is 44.1 Å². The lowest BCUT2D eigenvalue weighted by molar-refractivity contribution is 0.268. The van der Waals surface area contributed by atoms with Crippen molar-refractivity contribution in [2.45, 2.75) is 64.8 Å². The summed E-state index contributed by atoms with van der Waals surface area (Å²) in [4.78, 5) is 0. The highest BCUT2D eigenvalue weighted by Gasteiger charge is 2.22. The predicted molar refractivity (Wildman–Crippen MR) is 68.1 cm³/mol. The van der Waals surface area contributed by atoms with Gasteiger partial charge in [-0.15, -0.1) is 0 Å². The summed E-state index contributed by atoms with van der Waals surface area (Å²) in [6.07, 6.45) is 9.49. The molecule has 0 bridgehead atoms. The highest BCUT2D eigenvalue weighted by molar-refractivity contribution is 4.98. The van der Waals surface area contributed by atoms with Crippen LogP contribution in [0.5, 0.6) is 0 Å². The topological polar surface area (TPSA) is 12.0 Å². The van der Waals surface area contributed by atoms with Crippen LogP contribution in [0.2, 0.25) is 0 Å². The molecule has 1 rings (SSSR count). The van der Waals surface area contributed by atoms with Crippen LogP contribution in [-0.2, 0) is 0 Å². The molecule has 0 saturated heterocycles. The highest BCUT2D eigenvalue weighted by atomic mass is 14.9. The van der Waals surface area contributed by atoms with E-state index in [2.05, 4.69) is 25.7 Å². The second-order valence-corrected chi connectivity index (χ2v) is 4.87. The molecule has 0 aromatic rings. The van der Waals surface area contributed by atoms with Crippen molar-refractivity contribution in [1.29, 1.82) is 0 Å². The third-order valence-corrected chi connectivity index (χ3v) is 3.69. The highest BCUT2D eigenvalue weighted by Crippen LogP contribution is 2.29. The summed E-state index contributed by atoms with van der Waals surface area (Å²) in [6, 6.07) is 0.697. The number of hydrogen-bond acceptors (Lipinski definition) is 1. The van der Waals surface area contributed by atoms with E-state index in [0.717, 1.165) is 18.9 Å². The lowest BCUT2D eigenvalue weighted by Gasteiger charge is -2.31. The van der Waals surface area contributed by atoms with Gasteiger partial charge in [0.25, 0.3) is 0 Å². The fourth-order valence-corrected chi connectivity index (χ4v) is 2.66. The molecule has 1 nitrogen and oxygen atoms in total. The van der Waals surface area contributed by atoms with Gasteiger partial charge in [-0.1, -0.05) is 45.3 Å². The molecule has 1 atom stereocenters. The van der Waals surface area contributed by atoms with Crippen LogP contribution in [0.4, 0.5) is 0 Å². The predicted octanol–water partition coefficient (Wildman–Crippen LogP) is 3.90. The number of nitrogens with one attached hydrogen (secondary N) is 1. The first kappa shape index (κ1) is 12.8. The Hall–Kier alpha value is -0.300. The minimum atomic E-state index is 0.697. The number of rotatable bonds is 6. The van der Waals surface area contributed by atoms with E-state index in [-0.39, 0.29) is 0 Å². The molecule has 1 fully saturated rings. The van der Waals surface area contributed by atoms with Crippen molar-refractivity contribution >= 4 is 0 Å². The standard InChI is InChI=1S/C14H27N/c1-4-12(3)11-14(15-5-2)13-9-7-6-8-10-13/h13-15H,3-11H2,1-2H3. The summed E-state index contributed by atoms with van der Waals surface area (Å²) < 4.78 is 0. The van der Waals surface area contributed by atoms with Gasteiger partial charge in [0.2, 0.25) is 0 Å². The van der Waals surface area contributed by atoms with E-state index in [1.54, 1.807) is 0 Å². The van der Waals surface area contributed by atoms with Gasteiger partial charge in [-0.05, 0) is 38.1 Å². The maximum atomic E-state index is 4.15.